The molecule has 5 aromatic carbocycles. The van der Waals surface area contributed by atoms with Gasteiger partial charge < -0.3 is 26.1 Å². The SMILES string of the molecule is Cc1cc(-c2ccc(N=Nc3cc(S(=O)(=O)O)c4ccccc4c3[O-])c(C)c2)ccc1N=Nc1ccc(N)cc1NC(=O)C(=O)[O-].[Na+].[Na+]. The predicted molar refractivity (Wildman–Crippen MR) is 167 cm³/mol. The molecule has 0 aliphatic rings. The number of benzene rings is 5. The van der Waals surface area contributed by atoms with E-state index in [4.69, 9.17) is 5.73 Å². The summed E-state index contributed by atoms with van der Waals surface area (Å²) in [6.07, 6.45) is 0. The minimum absolute atomic E-state index is 0. The molecular weight excluding hydrogens is 658 g/mol. The number of fused-ring (bicyclic) bond motifs is 1. The number of anilines is 2. The molecule has 0 fully saturated rings. The zero-order valence-corrected chi connectivity index (χ0v) is 31.1. The first kappa shape index (κ1) is 38.5. The molecule has 0 aliphatic heterocycles. The number of rotatable bonds is 7. The number of carbonyl (C=O) groups is 2. The van der Waals surface area contributed by atoms with Crippen LogP contribution in [0.4, 0.5) is 34.1 Å². The number of nitrogens with zero attached hydrogens (tertiary/aromatic N) is 4. The van der Waals surface area contributed by atoms with Gasteiger partial charge in [-0.05, 0) is 90.0 Å². The number of carboxylic acid groups (broad SMARTS) is 1. The number of nitrogen functional groups attached to an aromatic ring is 1. The summed E-state index contributed by atoms with van der Waals surface area (Å²) in [6.45, 7) is 3.64. The van der Waals surface area contributed by atoms with Crippen molar-refractivity contribution in [3.05, 3.63) is 96.1 Å². The number of aryl methyl sites for hydroxylation is 2. The van der Waals surface area contributed by atoms with Gasteiger partial charge in [-0.15, -0.1) is 5.11 Å². The number of nitrogens with two attached hydrogens (primary N) is 1. The van der Waals surface area contributed by atoms with E-state index in [9.17, 15) is 32.8 Å². The van der Waals surface area contributed by atoms with Crippen molar-refractivity contribution < 1.29 is 91.9 Å². The molecule has 0 saturated carbocycles. The fraction of sp³-hybridized carbons (Fsp3) is 0.0625. The van der Waals surface area contributed by atoms with E-state index in [-0.39, 0.29) is 92.6 Å². The summed E-state index contributed by atoms with van der Waals surface area (Å²) in [7, 11) is -4.63. The average molecular weight is 683 g/mol. The van der Waals surface area contributed by atoms with Crippen molar-refractivity contribution in [3.8, 4) is 16.9 Å². The molecule has 0 radical (unpaired) electrons. The molecule has 0 saturated heterocycles. The van der Waals surface area contributed by atoms with Crippen molar-refractivity contribution in [2.75, 3.05) is 11.1 Å². The Labute approximate surface area is 319 Å². The largest absolute Gasteiger partial charge is 1.00 e. The van der Waals surface area contributed by atoms with Crippen LogP contribution < -0.4 is 80.4 Å². The molecule has 0 aromatic heterocycles. The summed E-state index contributed by atoms with van der Waals surface area (Å²) in [6, 6.07) is 22.2. The van der Waals surface area contributed by atoms with E-state index < -0.39 is 32.6 Å². The Hall–Kier alpha value is -3.99. The van der Waals surface area contributed by atoms with Crippen molar-refractivity contribution in [2.45, 2.75) is 18.7 Å². The minimum atomic E-state index is -4.63. The summed E-state index contributed by atoms with van der Waals surface area (Å²) in [5.41, 5.74) is 10.2. The van der Waals surface area contributed by atoms with Crippen LogP contribution in [0.3, 0.4) is 0 Å². The molecule has 16 heteroatoms. The fourth-order valence-corrected chi connectivity index (χ4v) is 5.33. The Kier molecular flexibility index (Phi) is 12.8. The number of carbonyl (C=O) groups excluding carboxylic acids is 2. The molecule has 0 bridgehead atoms. The molecule has 5 rings (SSSR count). The third kappa shape index (κ3) is 8.72. The van der Waals surface area contributed by atoms with E-state index in [0.717, 1.165) is 28.3 Å². The van der Waals surface area contributed by atoms with Crippen molar-refractivity contribution in [1.29, 1.82) is 0 Å². The average Bonchev–Trinajstić information content (AvgIpc) is 3.00. The third-order valence-corrected chi connectivity index (χ3v) is 7.82. The van der Waals surface area contributed by atoms with Gasteiger partial charge in [0, 0.05) is 11.1 Å². The Morgan fingerprint density at radius 2 is 1.23 bits per heavy atom. The van der Waals surface area contributed by atoms with Gasteiger partial charge in [0.1, 0.15) is 16.6 Å². The number of hydrogen-bond donors (Lipinski definition) is 3. The quantitative estimate of drug-likeness (QED) is 0.0669. The molecule has 0 spiro atoms. The van der Waals surface area contributed by atoms with Crippen molar-refractivity contribution in [2.24, 2.45) is 20.5 Å². The molecule has 13 nitrogen and oxygen atoms in total. The van der Waals surface area contributed by atoms with Crippen LogP contribution in [-0.4, -0.2) is 24.8 Å². The maximum atomic E-state index is 12.9. The smallest absolute Gasteiger partial charge is 0.871 e. The number of aliphatic carboxylic acids is 1. The van der Waals surface area contributed by atoms with Gasteiger partial charge in [-0.1, -0.05) is 42.1 Å². The fourth-order valence-electron chi connectivity index (χ4n) is 4.61. The summed E-state index contributed by atoms with van der Waals surface area (Å²) in [5, 5.41) is 42.8. The molecule has 232 valence electrons. The zero-order chi connectivity index (χ0) is 33.2. The number of hydrogen-bond acceptors (Lipinski definition) is 11. The number of nitrogens with one attached hydrogen (secondary N) is 1. The monoisotopic (exact) mass is 682 g/mol. The molecule has 5 aromatic rings. The van der Waals surface area contributed by atoms with Crippen molar-refractivity contribution in [1.82, 2.24) is 0 Å². The van der Waals surface area contributed by atoms with E-state index in [0.29, 0.717) is 11.4 Å². The zero-order valence-electron chi connectivity index (χ0n) is 26.3. The van der Waals surface area contributed by atoms with Crippen LogP contribution in [0.15, 0.2) is 110 Å². The first-order chi connectivity index (χ1) is 21.8. The summed E-state index contributed by atoms with van der Waals surface area (Å²) in [4.78, 5) is 22.0. The molecule has 1 amide bonds. The first-order valence-corrected chi connectivity index (χ1v) is 14.9. The van der Waals surface area contributed by atoms with Gasteiger partial charge in [0.25, 0.3) is 16.0 Å². The summed E-state index contributed by atoms with van der Waals surface area (Å²) in [5.74, 6) is -3.77. The molecule has 48 heavy (non-hydrogen) atoms. The third-order valence-electron chi connectivity index (χ3n) is 6.93. The molecule has 4 N–H and O–H groups in total. The predicted octanol–water partition coefficient (Wildman–Crippen LogP) is -0.447. The van der Waals surface area contributed by atoms with Crippen LogP contribution in [0.2, 0.25) is 0 Å². The van der Waals surface area contributed by atoms with Crippen LogP contribution in [0.5, 0.6) is 5.75 Å². The van der Waals surface area contributed by atoms with Gasteiger partial charge in [0.15, 0.2) is 0 Å². The van der Waals surface area contributed by atoms with Crippen LogP contribution in [-0.2, 0) is 19.7 Å². The normalized spacial score (nSPS) is 11.3. The van der Waals surface area contributed by atoms with E-state index in [1.165, 1.54) is 30.3 Å². The van der Waals surface area contributed by atoms with E-state index in [1.54, 1.807) is 37.3 Å². The summed E-state index contributed by atoms with van der Waals surface area (Å²) < 4.78 is 33.6. The van der Waals surface area contributed by atoms with Crippen molar-refractivity contribution >= 4 is 66.9 Å². The minimum Gasteiger partial charge on any atom is -0.871 e. The Bertz CT molecular complexity index is 2230. The Morgan fingerprint density at radius 3 is 1.75 bits per heavy atom. The summed E-state index contributed by atoms with van der Waals surface area (Å²) >= 11 is 0. The topological polar surface area (TPSA) is 222 Å². The maximum absolute atomic E-state index is 12.9. The standard InChI is InChI=1S/C32H26N6O7S.2Na/c1-17-13-19(7-10-24(17)35-37-26-12-9-21(33)15-27(26)34-31(40)32(41)42)20-8-11-25(18(2)14-20)36-38-28-16-29(46(43,44)45)22-5-3-4-6-23(22)30(28)39;;/h3-16,39H,33H2,1-2H3,(H,34,40)(H,41,42)(H,43,44,45);;/q;2*+1/p-2. The van der Waals surface area contributed by atoms with Crippen LogP contribution in [0.25, 0.3) is 21.9 Å². The van der Waals surface area contributed by atoms with E-state index in [1.807, 2.05) is 25.1 Å². The van der Waals surface area contributed by atoms with Gasteiger partial charge in [0.2, 0.25) is 0 Å². The van der Waals surface area contributed by atoms with Crippen LogP contribution in [0, 0.1) is 13.8 Å². The molecule has 0 aliphatic carbocycles. The first-order valence-electron chi connectivity index (χ1n) is 13.5. The molecule has 0 heterocycles. The molecule has 0 unspecified atom stereocenters. The van der Waals surface area contributed by atoms with Gasteiger partial charge in [-0.2, -0.15) is 23.8 Å². The van der Waals surface area contributed by atoms with Crippen LogP contribution in [0.1, 0.15) is 11.1 Å². The van der Waals surface area contributed by atoms with Gasteiger partial charge in [-0.25, -0.2) is 0 Å². The van der Waals surface area contributed by atoms with Gasteiger partial charge in [0.05, 0.1) is 22.7 Å². The Balaban J connectivity index is 0.00000312. The van der Waals surface area contributed by atoms with Gasteiger partial charge in [-0.3, -0.25) is 9.35 Å². The number of carboxylic acids is 1. The maximum Gasteiger partial charge on any atom is 1.00 e. The Morgan fingerprint density at radius 1 is 0.729 bits per heavy atom. The molecular formula is C32H24N6Na2O7S. The van der Waals surface area contributed by atoms with E-state index >= 15 is 0 Å². The molecule has 0 atom stereocenters. The van der Waals surface area contributed by atoms with E-state index in [2.05, 4.69) is 25.8 Å². The second-order valence-corrected chi connectivity index (χ2v) is 11.6. The number of amides is 1. The second kappa shape index (κ2) is 15.9. The van der Waals surface area contributed by atoms with Gasteiger partial charge >= 0.3 is 59.1 Å². The second-order valence-electron chi connectivity index (χ2n) is 10.2. The van der Waals surface area contributed by atoms with Crippen molar-refractivity contribution in [3.63, 3.8) is 0 Å². The van der Waals surface area contributed by atoms with Crippen LogP contribution >= 0.6 is 0 Å². The number of azo groups is 2.